The molecule has 2 amide bonds. The quantitative estimate of drug-likeness (QED) is 0.289. The molecule has 41 heavy (non-hydrogen) atoms. The van der Waals surface area contributed by atoms with Crippen molar-refractivity contribution in [3.05, 3.63) is 149 Å². The van der Waals surface area contributed by atoms with E-state index in [9.17, 15) is 23.2 Å². The van der Waals surface area contributed by atoms with Gasteiger partial charge in [-0.15, -0.1) is 0 Å². The van der Waals surface area contributed by atoms with E-state index < -0.39 is 47.4 Å². The predicted octanol–water partition coefficient (Wildman–Crippen LogP) is 5.95. The summed E-state index contributed by atoms with van der Waals surface area (Å²) in [5.41, 5.74) is 8.54. The average molecular weight is 551 g/mol. The Morgan fingerprint density at radius 2 is 1.46 bits per heavy atom. The minimum absolute atomic E-state index is 0.0101. The third-order valence-corrected chi connectivity index (χ3v) is 7.46. The summed E-state index contributed by atoms with van der Waals surface area (Å²) in [6.07, 6.45) is 3.49. The molecule has 206 valence electrons. The number of amides is 2. The Bertz CT molecular complexity index is 1620. The maximum absolute atomic E-state index is 14.3. The number of halogens is 2. The average Bonchev–Trinajstić information content (AvgIpc) is 3.31. The van der Waals surface area contributed by atoms with Crippen molar-refractivity contribution in [3.63, 3.8) is 0 Å². The van der Waals surface area contributed by atoms with Crippen molar-refractivity contribution in [1.29, 1.82) is 0 Å². The summed E-state index contributed by atoms with van der Waals surface area (Å²) in [5, 5.41) is 0. The van der Waals surface area contributed by atoms with E-state index in [0.717, 1.165) is 17.2 Å². The highest BCUT2D eigenvalue weighted by Gasteiger charge is 2.55. The molecule has 0 saturated carbocycles. The van der Waals surface area contributed by atoms with Crippen LogP contribution in [0.3, 0.4) is 0 Å². The molecule has 5 nitrogen and oxygen atoms in total. The molecule has 4 unspecified atom stereocenters. The minimum atomic E-state index is -1.28. The van der Waals surface area contributed by atoms with Crippen molar-refractivity contribution in [1.82, 2.24) is 4.90 Å². The molecule has 7 heteroatoms. The van der Waals surface area contributed by atoms with E-state index in [2.05, 4.69) is 0 Å². The molecule has 0 spiro atoms. The molecule has 2 N–H and O–H groups in total. The Hall–Kier alpha value is -4.91. The molecule has 1 fully saturated rings. The lowest BCUT2D eigenvalue weighted by molar-refractivity contribution is -0.122. The third-order valence-electron chi connectivity index (χ3n) is 7.46. The number of hydrogen-bond donors (Lipinski definition) is 1. The Labute approximate surface area is 236 Å². The van der Waals surface area contributed by atoms with Crippen LogP contribution in [-0.4, -0.2) is 34.6 Å². The lowest BCUT2D eigenvalue weighted by atomic mass is 9.77. The van der Waals surface area contributed by atoms with Gasteiger partial charge in [-0.1, -0.05) is 84.4 Å². The van der Waals surface area contributed by atoms with Gasteiger partial charge >= 0.3 is 0 Å². The fourth-order valence-electron chi connectivity index (χ4n) is 5.66. The molecule has 4 aromatic carbocycles. The first-order valence-corrected chi connectivity index (χ1v) is 13.2. The number of likely N-dealkylation sites (tertiary alicyclic amines) is 1. The summed E-state index contributed by atoms with van der Waals surface area (Å²) >= 11 is 0. The number of Topliss-reactive ketones (excluding diaryl/α,β-unsaturated/α-hetero) is 1. The summed E-state index contributed by atoms with van der Waals surface area (Å²) in [5.74, 6) is -4.75. The van der Waals surface area contributed by atoms with Gasteiger partial charge in [0.15, 0.2) is 5.78 Å². The maximum Gasteiger partial charge on any atom is 0.255 e. The summed E-state index contributed by atoms with van der Waals surface area (Å²) < 4.78 is 28.2. The van der Waals surface area contributed by atoms with Gasteiger partial charge in [0.1, 0.15) is 17.7 Å². The second kappa shape index (κ2) is 11.7. The predicted molar refractivity (Wildman–Crippen MR) is 153 cm³/mol. The summed E-state index contributed by atoms with van der Waals surface area (Å²) in [4.78, 5) is 42.9. The third kappa shape index (κ3) is 5.70. The lowest BCUT2D eigenvalue weighted by Crippen LogP contribution is -2.48. The molecule has 1 aliphatic heterocycles. The van der Waals surface area contributed by atoms with Crippen LogP contribution < -0.4 is 5.73 Å². The zero-order chi connectivity index (χ0) is 29.1. The van der Waals surface area contributed by atoms with Gasteiger partial charge < -0.3 is 10.6 Å². The summed E-state index contributed by atoms with van der Waals surface area (Å²) in [7, 11) is 0. The van der Waals surface area contributed by atoms with Crippen LogP contribution in [0.5, 0.6) is 0 Å². The fourth-order valence-corrected chi connectivity index (χ4v) is 5.66. The highest BCUT2D eigenvalue weighted by molar-refractivity contribution is 6.04. The van der Waals surface area contributed by atoms with Crippen molar-refractivity contribution in [3.8, 4) is 0 Å². The SMILES string of the molecule is Cc1cccc(C(=O)C2C(c3ccc(F)cc3)C(C(N)=O)N(C(=O)c3cccc(F)c3)C2C=Cc2ccccc2)c1. The summed E-state index contributed by atoms with van der Waals surface area (Å²) in [6, 6.07) is 24.8. The number of nitrogens with zero attached hydrogens (tertiary/aromatic N) is 1. The van der Waals surface area contributed by atoms with Crippen molar-refractivity contribution >= 4 is 23.7 Å². The molecule has 4 aromatic rings. The van der Waals surface area contributed by atoms with Crippen LogP contribution in [0.2, 0.25) is 0 Å². The van der Waals surface area contributed by atoms with Gasteiger partial charge in [0.25, 0.3) is 5.91 Å². The molecule has 0 aromatic heterocycles. The van der Waals surface area contributed by atoms with E-state index >= 15 is 0 Å². The number of aryl methyl sites for hydroxylation is 1. The maximum atomic E-state index is 14.3. The molecule has 1 saturated heterocycles. The van der Waals surface area contributed by atoms with Gasteiger partial charge in [0, 0.05) is 17.0 Å². The highest BCUT2D eigenvalue weighted by Crippen LogP contribution is 2.45. The van der Waals surface area contributed by atoms with Gasteiger partial charge in [-0.25, -0.2) is 8.78 Å². The number of primary amides is 1. The second-order valence-corrected chi connectivity index (χ2v) is 10.2. The molecule has 5 rings (SSSR count). The van der Waals surface area contributed by atoms with Crippen molar-refractivity contribution in [2.24, 2.45) is 11.7 Å². The van der Waals surface area contributed by atoms with Gasteiger partial charge in [0.2, 0.25) is 5.91 Å². The zero-order valence-electron chi connectivity index (χ0n) is 22.3. The minimum Gasteiger partial charge on any atom is -0.368 e. The van der Waals surface area contributed by atoms with Crippen LogP contribution in [-0.2, 0) is 4.79 Å². The summed E-state index contributed by atoms with van der Waals surface area (Å²) in [6.45, 7) is 1.86. The van der Waals surface area contributed by atoms with Crippen molar-refractivity contribution in [2.75, 3.05) is 0 Å². The van der Waals surface area contributed by atoms with Crippen LogP contribution in [0.15, 0.2) is 109 Å². The molecular formula is C34H28F2N2O3. The molecule has 4 atom stereocenters. The Kier molecular flexibility index (Phi) is 7.88. The number of carbonyl (C=O) groups is 3. The number of carbonyl (C=O) groups excluding carboxylic acids is 3. The van der Waals surface area contributed by atoms with Gasteiger partial charge in [-0.2, -0.15) is 0 Å². The van der Waals surface area contributed by atoms with E-state index in [1.54, 1.807) is 30.4 Å². The van der Waals surface area contributed by atoms with E-state index in [1.807, 2.05) is 43.3 Å². The molecule has 1 heterocycles. The smallest absolute Gasteiger partial charge is 0.255 e. The first-order valence-electron chi connectivity index (χ1n) is 13.2. The Morgan fingerprint density at radius 1 is 0.780 bits per heavy atom. The highest BCUT2D eigenvalue weighted by atomic mass is 19.1. The van der Waals surface area contributed by atoms with Crippen LogP contribution in [0.25, 0.3) is 6.08 Å². The van der Waals surface area contributed by atoms with Gasteiger partial charge in [-0.05, 0) is 54.4 Å². The van der Waals surface area contributed by atoms with E-state index in [4.69, 9.17) is 5.73 Å². The normalized spacial score (nSPS) is 20.3. The first-order chi connectivity index (χ1) is 19.7. The molecule has 0 bridgehead atoms. The number of rotatable bonds is 7. The number of nitrogens with two attached hydrogens (primary N) is 1. The van der Waals surface area contributed by atoms with Crippen LogP contribution in [0.4, 0.5) is 8.78 Å². The number of benzene rings is 4. The first kappa shape index (κ1) is 27.6. The van der Waals surface area contributed by atoms with Crippen LogP contribution in [0, 0.1) is 24.5 Å². The number of hydrogen-bond acceptors (Lipinski definition) is 3. The number of ketones is 1. The fraction of sp³-hybridized carbons (Fsp3) is 0.147. The molecule has 0 aliphatic carbocycles. The molecular weight excluding hydrogens is 522 g/mol. The van der Waals surface area contributed by atoms with Crippen molar-refractivity contribution in [2.45, 2.75) is 24.9 Å². The van der Waals surface area contributed by atoms with E-state index in [1.165, 1.54) is 47.4 Å². The molecule has 0 radical (unpaired) electrons. The topological polar surface area (TPSA) is 80.5 Å². The Morgan fingerprint density at radius 3 is 2.12 bits per heavy atom. The standard InChI is InChI=1S/C34H28F2N2O3/c1-21-7-5-10-24(19-21)32(39)30-28(18-13-22-8-3-2-4-9-22)38(34(41)25-11-6-12-27(36)20-25)31(33(37)40)29(30)23-14-16-26(35)17-15-23/h2-20,28-31H,1H3,(H2,37,40). The zero-order valence-corrected chi connectivity index (χ0v) is 22.3. The van der Waals surface area contributed by atoms with E-state index in [-0.39, 0.29) is 11.3 Å². The molecule has 1 aliphatic rings. The second-order valence-electron chi connectivity index (χ2n) is 10.2. The monoisotopic (exact) mass is 550 g/mol. The van der Waals surface area contributed by atoms with Crippen LogP contribution in [0.1, 0.15) is 43.3 Å². The Balaban J connectivity index is 1.74. The van der Waals surface area contributed by atoms with Gasteiger partial charge in [-0.3, -0.25) is 14.4 Å². The largest absolute Gasteiger partial charge is 0.368 e. The van der Waals surface area contributed by atoms with E-state index in [0.29, 0.717) is 11.1 Å². The van der Waals surface area contributed by atoms with Crippen LogP contribution >= 0.6 is 0 Å². The van der Waals surface area contributed by atoms with Crippen molar-refractivity contribution < 1.29 is 23.2 Å². The lowest BCUT2D eigenvalue weighted by Gasteiger charge is -2.29. The van der Waals surface area contributed by atoms with Gasteiger partial charge in [0.05, 0.1) is 12.0 Å².